The molecule has 0 spiro atoms. The van der Waals surface area contributed by atoms with Crippen molar-refractivity contribution < 1.29 is 0 Å². The van der Waals surface area contributed by atoms with Crippen LogP contribution >= 0.6 is 0 Å². The quantitative estimate of drug-likeness (QED) is 0.878. The second-order valence-electron chi connectivity index (χ2n) is 4.24. The molecule has 17 heavy (non-hydrogen) atoms. The molecular formula is C13H18N4. The monoisotopic (exact) mass is 230 g/mol. The average Bonchev–Trinajstić information content (AvgIpc) is 2.77. The SMILES string of the molecule is CNc1nccn1-c1ccc(C)c(N(C)C)c1. The lowest BCUT2D eigenvalue weighted by Crippen LogP contribution is -2.11. The lowest BCUT2D eigenvalue weighted by Gasteiger charge is -2.17. The predicted molar refractivity (Wildman–Crippen MR) is 72.2 cm³/mol. The van der Waals surface area contributed by atoms with E-state index in [9.17, 15) is 0 Å². The minimum absolute atomic E-state index is 0.846. The number of hydrogen-bond acceptors (Lipinski definition) is 3. The van der Waals surface area contributed by atoms with Crippen molar-refractivity contribution in [1.82, 2.24) is 9.55 Å². The van der Waals surface area contributed by atoms with E-state index in [-0.39, 0.29) is 0 Å². The van der Waals surface area contributed by atoms with E-state index < -0.39 is 0 Å². The number of aryl methyl sites for hydroxylation is 1. The van der Waals surface area contributed by atoms with Crippen molar-refractivity contribution in [2.45, 2.75) is 6.92 Å². The number of imidazole rings is 1. The second-order valence-corrected chi connectivity index (χ2v) is 4.24. The summed E-state index contributed by atoms with van der Waals surface area (Å²) in [6, 6.07) is 6.40. The van der Waals surface area contributed by atoms with Crippen LogP contribution < -0.4 is 10.2 Å². The van der Waals surface area contributed by atoms with Crippen molar-refractivity contribution >= 4 is 11.6 Å². The summed E-state index contributed by atoms with van der Waals surface area (Å²) >= 11 is 0. The van der Waals surface area contributed by atoms with Crippen LogP contribution in [0.2, 0.25) is 0 Å². The highest BCUT2D eigenvalue weighted by Gasteiger charge is 2.06. The Bertz CT molecular complexity index is 514. The van der Waals surface area contributed by atoms with Gasteiger partial charge in [0.1, 0.15) is 0 Å². The first-order chi connectivity index (χ1) is 8.13. The van der Waals surface area contributed by atoms with Gasteiger partial charge >= 0.3 is 0 Å². The summed E-state index contributed by atoms with van der Waals surface area (Å²) in [5.41, 5.74) is 3.60. The summed E-state index contributed by atoms with van der Waals surface area (Å²) < 4.78 is 2.03. The molecule has 0 aliphatic heterocycles. The second kappa shape index (κ2) is 4.49. The molecule has 1 aromatic heterocycles. The average molecular weight is 230 g/mol. The maximum absolute atomic E-state index is 4.25. The van der Waals surface area contributed by atoms with Gasteiger partial charge in [-0.05, 0) is 24.6 Å². The molecule has 0 fully saturated rings. The third-order valence-corrected chi connectivity index (χ3v) is 2.82. The smallest absolute Gasteiger partial charge is 0.207 e. The van der Waals surface area contributed by atoms with Crippen LogP contribution in [0.1, 0.15) is 5.56 Å². The lowest BCUT2D eigenvalue weighted by molar-refractivity contribution is 1.04. The Morgan fingerprint density at radius 2 is 2.06 bits per heavy atom. The largest absolute Gasteiger partial charge is 0.377 e. The fraction of sp³-hybridized carbons (Fsp3) is 0.308. The molecule has 0 atom stereocenters. The van der Waals surface area contributed by atoms with Crippen LogP contribution in [-0.4, -0.2) is 30.7 Å². The summed E-state index contributed by atoms with van der Waals surface area (Å²) in [6.45, 7) is 2.12. The Hall–Kier alpha value is -1.97. The predicted octanol–water partition coefficient (Wildman–Crippen LogP) is 2.29. The first kappa shape index (κ1) is 11.5. The maximum atomic E-state index is 4.25. The van der Waals surface area contributed by atoms with Gasteiger partial charge in [0.05, 0.1) is 5.69 Å². The molecule has 0 bridgehead atoms. The first-order valence-corrected chi connectivity index (χ1v) is 5.63. The van der Waals surface area contributed by atoms with Crippen molar-refractivity contribution in [3.8, 4) is 5.69 Å². The molecule has 0 saturated carbocycles. The van der Waals surface area contributed by atoms with Gasteiger partial charge in [0.15, 0.2) is 0 Å². The van der Waals surface area contributed by atoms with Crippen molar-refractivity contribution in [2.24, 2.45) is 0 Å². The maximum Gasteiger partial charge on any atom is 0.207 e. The van der Waals surface area contributed by atoms with Crippen LogP contribution in [0.3, 0.4) is 0 Å². The zero-order valence-electron chi connectivity index (χ0n) is 10.7. The van der Waals surface area contributed by atoms with Gasteiger partial charge in [-0.25, -0.2) is 4.98 Å². The minimum Gasteiger partial charge on any atom is -0.377 e. The van der Waals surface area contributed by atoms with Crippen molar-refractivity contribution in [3.05, 3.63) is 36.2 Å². The molecule has 1 N–H and O–H groups in total. The zero-order chi connectivity index (χ0) is 12.4. The summed E-state index contributed by atoms with van der Waals surface area (Å²) in [6.07, 6.45) is 3.75. The van der Waals surface area contributed by atoms with Crippen LogP contribution in [0.4, 0.5) is 11.6 Å². The molecular weight excluding hydrogens is 212 g/mol. The van der Waals surface area contributed by atoms with Gasteiger partial charge < -0.3 is 10.2 Å². The van der Waals surface area contributed by atoms with Crippen LogP contribution in [0.15, 0.2) is 30.6 Å². The standard InChI is InChI=1S/C13H18N4/c1-10-5-6-11(9-12(10)16(3)4)17-8-7-15-13(17)14-2/h5-9H,1-4H3,(H,14,15). The molecule has 0 aliphatic rings. The summed E-state index contributed by atoms with van der Waals surface area (Å²) in [4.78, 5) is 6.37. The molecule has 2 aromatic rings. The van der Waals surface area contributed by atoms with Crippen molar-refractivity contribution in [2.75, 3.05) is 31.4 Å². The third kappa shape index (κ3) is 2.11. The van der Waals surface area contributed by atoms with E-state index in [4.69, 9.17) is 0 Å². The number of rotatable bonds is 3. The molecule has 1 heterocycles. The van der Waals surface area contributed by atoms with Crippen LogP contribution in [0.25, 0.3) is 5.69 Å². The van der Waals surface area contributed by atoms with E-state index in [1.807, 2.05) is 17.8 Å². The molecule has 4 heteroatoms. The number of aromatic nitrogens is 2. The fourth-order valence-corrected chi connectivity index (χ4v) is 1.93. The normalized spacial score (nSPS) is 10.4. The highest BCUT2D eigenvalue weighted by molar-refractivity contribution is 5.59. The summed E-state index contributed by atoms with van der Waals surface area (Å²) in [5, 5.41) is 3.08. The number of benzene rings is 1. The Morgan fingerprint density at radius 1 is 1.29 bits per heavy atom. The Kier molecular flexibility index (Phi) is 3.04. The number of nitrogens with zero attached hydrogens (tertiary/aromatic N) is 3. The van der Waals surface area contributed by atoms with Gasteiger partial charge in [-0.2, -0.15) is 0 Å². The molecule has 4 nitrogen and oxygen atoms in total. The van der Waals surface area contributed by atoms with Crippen LogP contribution in [0.5, 0.6) is 0 Å². The molecule has 2 rings (SSSR count). The van der Waals surface area contributed by atoms with E-state index in [0.717, 1.165) is 11.6 Å². The van der Waals surface area contributed by atoms with E-state index in [1.54, 1.807) is 6.20 Å². The topological polar surface area (TPSA) is 33.1 Å². The molecule has 0 saturated heterocycles. The minimum atomic E-state index is 0.846. The van der Waals surface area contributed by atoms with E-state index in [1.165, 1.54) is 11.3 Å². The Morgan fingerprint density at radius 3 is 2.71 bits per heavy atom. The van der Waals surface area contributed by atoms with Crippen molar-refractivity contribution in [1.29, 1.82) is 0 Å². The van der Waals surface area contributed by atoms with Gasteiger partial charge in [-0.1, -0.05) is 6.07 Å². The van der Waals surface area contributed by atoms with Gasteiger partial charge in [0, 0.05) is 39.2 Å². The molecule has 0 aliphatic carbocycles. The van der Waals surface area contributed by atoms with Gasteiger partial charge in [0.2, 0.25) is 5.95 Å². The van der Waals surface area contributed by atoms with Gasteiger partial charge in [-0.3, -0.25) is 4.57 Å². The lowest BCUT2D eigenvalue weighted by atomic mass is 10.1. The number of anilines is 2. The highest BCUT2D eigenvalue weighted by atomic mass is 15.2. The van der Waals surface area contributed by atoms with Crippen LogP contribution in [0, 0.1) is 6.92 Å². The van der Waals surface area contributed by atoms with Gasteiger partial charge in [0.25, 0.3) is 0 Å². The summed E-state index contributed by atoms with van der Waals surface area (Å²) in [7, 11) is 5.98. The Balaban J connectivity index is 2.50. The number of nitrogens with one attached hydrogen (secondary N) is 1. The molecule has 0 radical (unpaired) electrons. The Labute approximate surface area is 102 Å². The fourth-order valence-electron chi connectivity index (χ4n) is 1.93. The van der Waals surface area contributed by atoms with Crippen molar-refractivity contribution in [3.63, 3.8) is 0 Å². The number of hydrogen-bond donors (Lipinski definition) is 1. The molecule has 90 valence electrons. The first-order valence-electron chi connectivity index (χ1n) is 5.63. The van der Waals surface area contributed by atoms with Gasteiger partial charge in [-0.15, -0.1) is 0 Å². The molecule has 0 unspecified atom stereocenters. The van der Waals surface area contributed by atoms with E-state index >= 15 is 0 Å². The van der Waals surface area contributed by atoms with E-state index in [2.05, 4.69) is 54.4 Å². The zero-order valence-corrected chi connectivity index (χ0v) is 10.7. The van der Waals surface area contributed by atoms with E-state index in [0.29, 0.717) is 0 Å². The summed E-state index contributed by atoms with van der Waals surface area (Å²) in [5.74, 6) is 0.846. The molecule has 1 aromatic carbocycles. The highest BCUT2D eigenvalue weighted by Crippen LogP contribution is 2.23. The third-order valence-electron chi connectivity index (χ3n) is 2.82. The van der Waals surface area contributed by atoms with Crippen LogP contribution in [-0.2, 0) is 0 Å². The molecule has 0 amide bonds.